The van der Waals surface area contributed by atoms with Gasteiger partial charge >= 0.3 is 0 Å². The number of hydrogen-bond acceptors (Lipinski definition) is 6. The molecule has 0 radical (unpaired) electrons. The van der Waals surface area contributed by atoms with Crippen LogP contribution in [-0.4, -0.2) is 54.0 Å². The molecule has 0 atom stereocenters. The third-order valence-corrected chi connectivity index (χ3v) is 5.56. The zero-order valence-electron chi connectivity index (χ0n) is 16.1. The van der Waals surface area contributed by atoms with E-state index in [1.165, 1.54) is 0 Å². The summed E-state index contributed by atoms with van der Waals surface area (Å²) < 4.78 is 5.52. The molecule has 0 aliphatic carbocycles. The Kier molecular flexibility index (Phi) is 4.73. The van der Waals surface area contributed by atoms with Crippen molar-refractivity contribution in [3.63, 3.8) is 0 Å². The highest BCUT2D eigenvalue weighted by Crippen LogP contribution is 2.37. The molecule has 7 heteroatoms. The van der Waals surface area contributed by atoms with E-state index < -0.39 is 0 Å². The Bertz CT molecular complexity index is 1150. The highest BCUT2D eigenvalue weighted by Gasteiger charge is 2.20. The zero-order valence-corrected chi connectivity index (χ0v) is 16.9. The van der Waals surface area contributed by atoms with Crippen LogP contribution in [0.15, 0.2) is 41.7 Å². The Morgan fingerprint density at radius 2 is 1.97 bits per heavy atom. The molecule has 1 fully saturated rings. The minimum absolute atomic E-state index is 0.484. The molecule has 2 aliphatic rings. The van der Waals surface area contributed by atoms with Gasteiger partial charge in [0.05, 0.1) is 31.0 Å². The predicted octanol–water partition coefficient (Wildman–Crippen LogP) is 3.96. The van der Waals surface area contributed by atoms with Crippen molar-refractivity contribution in [3.8, 4) is 11.1 Å². The number of morpholine rings is 1. The minimum atomic E-state index is 0.484. The topological polar surface area (TPSA) is 63.5 Å². The van der Waals surface area contributed by atoms with Gasteiger partial charge in [-0.2, -0.15) is 0 Å². The molecule has 3 aromatic rings. The lowest BCUT2D eigenvalue weighted by Gasteiger charge is -2.28. The van der Waals surface area contributed by atoms with Crippen LogP contribution in [0.25, 0.3) is 27.6 Å². The molecular formula is C22H20ClN5O. The number of aliphatic imine (C=N–C) groups is 1. The van der Waals surface area contributed by atoms with E-state index in [4.69, 9.17) is 21.3 Å². The third-order valence-electron chi connectivity index (χ3n) is 5.26. The van der Waals surface area contributed by atoms with Gasteiger partial charge in [0.15, 0.2) is 0 Å². The van der Waals surface area contributed by atoms with Gasteiger partial charge in [-0.25, -0.2) is 9.97 Å². The molecule has 3 aromatic heterocycles. The van der Waals surface area contributed by atoms with Crippen LogP contribution in [0.4, 0.5) is 5.82 Å². The lowest BCUT2D eigenvalue weighted by Crippen LogP contribution is -2.36. The third kappa shape index (κ3) is 3.39. The van der Waals surface area contributed by atoms with Gasteiger partial charge in [-0.3, -0.25) is 9.98 Å². The normalized spacial score (nSPS) is 16.5. The van der Waals surface area contributed by atoms with Crippen LogP contribution in [-0.2, 0) is 4.74 Å². The van der Waals surface area contributed by atoms with Crippen molar-refractivity contribution in [1.29, 1.82) is 0 Å². The number of fused-ring (bicyclic) bond motifs is 1. The summed E-state index contributed by atoms with van der Waals surface area (Å²) in [5, 5.41) is 1.49. The van der Waals surface area contributed by atoms with Crippen LogP contribution in [0.3, 0.4) is 0 Å². The second-order valence-electron chi connectivity index (χ2n) is 7.22. The predicted molar refractivity (Wildman–Crippen MR) is 117 cm³/mol. The number of pyridine rings is 3. The second kappa shape index (κ2) is 7.54. The van der Waals surface area contributed by atoms with Gasteiger partial charge < -0.3 is 9.64 Å². The van der Waals surface area contributed by atoms with E-state index in [2.05, 4.69) is 32.0 Å². The fourth-order valence-electron chi connectivity index (χ4n) is 3.79. The molecule has 0 spiro atoms. The van der Waals surface area contributed by atoms with Gasteiger partial charge in [-0.1, -0.05) is 11.6 Å². The number of hydrogen-bond donors (Lipinski definition) is 0. The van der Waals surface area contributed by atoms with E-state index in [1.807, 2.05) is 31.5 Å². The highest BCUT2D eigenvalue weighted by atomic mass is 35.5. The first-order chi connectivity index (χ1) is 14.2. The van der Waals surface area contributed by atoms with Crippen LogP contribution < -0.4 is 4.90 Å². The van der Waals surface area contributed by atoms with Crippen molar-refractivity contribution in [1.82, 2.24) is 15.0 Å². The summed E-state index contributed by atoms with van der Waals surface area (Å²) in [5.41, 5.74) is 5.78. The Morgan fingerprint density at radius 3 is 2.76 bits per heavy atom. The van der Waals surface area contributed by atoms with Crippen molar-refractivity contribution < 1.29 is 4.74 Å². The lowest BCUT2D eigenvalue weighted by molar-refractivity contribution is 0.122. The summed E-state index contributed by atoms with van der Waals surface area (Å²) in [7, 11) is 0. The van der Waals surface area contributed by atoms with E-state index in [1.54, 1.807) is 6.20 Å². The highest BCUT2D eigenvalue weighted by molar-refractivity contribution is 6.32. The van der Waals surface area contributed by atoms with Crippen molar-refractivity contribution in [2.24, 2.45) is 4.99 Å². The minimum Gasteiger partial charge on any atom is -0.378 e. The first kappa shape index (κ1) is 18.2. The molecule has 2 aliphatic heterocycles. The Hall–Kier alpha value is -2.83. The van der Waals surface area contributed by atoms with Gasteiger partial charge in [0.2, 0.25) is 0 Å². The number of anilines is 1. The molecule has 0 N–H and O–H groups in total. The quantitative estimate of drug-likeness (QED) is 0.617. The molecule has 0 unspecified atom stereocenters. The van der Waals surface area contributed by atoms with Gasteiger partial charge in [-0.05, 0) is 42.3 Å². The number of nitrogens with zero attached hydrogens (tertiary/aromatic N) is 5. The summed E-state index contributed by atoms with van der Waals surface area (Å²) >= 11 is 6.52. The second-order valence-corrected chi connectivity index (χ2v) is 7.57. The Balaban J connectivity index is 1.78. The van der Waals surface area contributed by atoms with Gasteiger partial charge in [0.25, 0.3) is 0 Å². The average molecular weight is 406 g/mol. The lowest BCUT2D eigenvalue weighted by atomic mass is 9.99. The SMILES string of the molecule is Cc1cnc(Cl)c(-c2cc(N3CCOCC3)nc3c(C4=CC=NC4)nccc23)c1. The molecule has 146 valence electrons. The molecule has 0 saturated carbocycles. The first-order valence-electron chi connectivity index (χ1n) is 9.65. The van der Waals surface area contributed by atoms with E-state index in [9.17, 15) is 0 Å². The van der Waals surface area contributed by atoms with Crippen molar-refractivity contribution in [3.05, 3.63) is 53.1 Å². The van der Waals surface area contributed by atoms with Gasteiger partial charge in [0.1, 0.15) is 11.0 Å². The van der Waals surface area contributed by atoms with Crippen molar-refractivity contribution in [2.45, 2.75) is 6.92 Å². The molecule has 29 heavy (non-hydrogen) atoms. The number of rotatable bonds is 3. The van der Waals surface area contributed by atoms with Gasteiger partial charge in [-0.15, -0.1) is 0 Å². The fraction of sp³-hybridized carbons (Fsp3) is 0.273. The fourth-order valence-corrected chi connectivity index (χ4v) is 4.00. The van der Waals surface area contributed by atoms with E-state index >= 15 is 0 Å². The number of aromatic nitrogens is 3. The summed E-state index contributed by atoms with van der Waals surface area (Å²) in [6.45, 7) is 5.64. The maximum absolute atomic E-state index is 6.52. The molecule has 5 heterocycles. The van der Waals surface area contributed by atoms with Crippen molar-refractivity contribution in [2.75, 3.05) is 37.7 Å². The van der Waals surface area contributed by atoms with Crippen LogP contribution in [0.1, 0.15) is 11.3 Å². The van der Waals surface area contributed by atoms with Crippen molar-refractivity contribution >= 4 is 40.1 Å². The number of aryl methyl sites for hydroxylation is 1. The smallest absolute Gasteiger partial charge is 0.136 e. The van der Waals surface area contributed by atoms with Crippen LogP contribution in [0.2, 0.25) is 5.15 Å². The Labute approximate surface area is 173 Å². The van der Waals surface area contributed by atoms with E-state index in [0.717, 1.165) is 57.8 Å². The van der Waals surface area contributed by atoms with Gasteiger partial charge in [0, 0.05) is 48.2 Å². The average Bonchev–Trinajstić information content (AvgIpc) is 3.29. The van der Waals surface area contributed by atoms with E-state index in [0.29, 0.717) is 24.9 Å². The largest absolute Gasteiger partial charge is 0.378 e. The molecular weight excluding hydrogens is 386 g/mol. The molecule has 1 saturated heterocycles. The maximum Gasteiger partial charge on any atom is 0.136 e. The number of ether oxygens (including phenoxy) is 1. The number of allylic oxidation sites excluding steroid dienone is 1. The zero-order chi connectivity index (χ0) is 19.8. The standard InChI is InChI=1S/C22H20ClN5O/c1-14-10-18(22(23)26-12-14)17-11-19(28-6-8-29-9-7-28)27-21-16(17)3-5-25-20(21)15-2-4-24-13-15/h2-5,10-12H,6-9,13H2,1H3. The van der Waals surface area contributed by atoms with Crippen LogP contribution >= 0.6 is 11.6 Å². The molecule has 6 nitrogen and oxygen atoms in total. The number of halogens is 1. The monoisotopic (exact) mass is 405 g/mol. The molecule has 0 amide bonds. The molecule has 5 rings (SSSR count). The summed E-state index contributed by atoms with van der Waals surface area (Å²) in [6, 6.07) is 6.18. The summed E-state index contributed by atoms with van der Waals surface area (Å²) in [4.78, 5) is 20.6. The molecule has 0 bridgehead atoms. The Morgan fingerprint density at radius 1 is 1.10 bits per heavy atom. The van der Waals surface area contributed by atoms with E-state index in [-0.39, 0.29) is 0 Å². The molecule has 0 aromatic carbocycles. The first-order valence-corrected chi connectivity index (χ1v) is 10.0. The maximum atomic E-state index is 6.52. The summed E-state index contributed by atoms with van der Waals surface area (Å²) in [6.07, 6.45) is 7.44. The summed E-state index contributed by atoms with van der Waals surface area (Å²) in [5.74, 6) is 0.905. The van der Waals surface area contributed by atoms with Crippen LogP contribution in [0.5, 0.6) is 0 Å². The van der Waals surface area contributed by atoms with Crippen LogP contribution in [0, 0.1) is 6.92 Å².